The Kier molecular flexibility index (Phi) is 9.84. The van der Waals surface area contributed by atoms with Crippen LogP contribution in [-0.2, 0) is 22.4 Å². The summed E-state index contributed by atoms with van der Waals surface area (Å²) in [5.41, 5.74) is 3.76. The molecule has 2 aromatic carbocycles. The highest BCUT2D eigenvalue weighted by atomic mass is 35.5. The zero-order valence-corrected chi connectivity index (χ0v) is 25.2. The molecule has 2 aliphatic heterocycles. The molecule has 0 spiro atoms. The fraction of sp³-hybridized carbons (Fsp3) is 0.438. The van der Waals surface area contributed by atoms with Gasteiger partial charge < -0.3 is 14.5 Å². The second-order valence-corrected chi connectivity index (χ2v) is 12.5. The van der Waals surface area contributed by atoms with Gasteiger partial charge in [0.25, 0.3) is 5.91 Å². The summed E-state index contributed by atoms with van der Waals surface area (Å²) < 4.78 is 5.88. The van der Waals surface area contributed by atoms with Crippen molar-refractivity contribution in [3.05, 3.63) is 91.1 Å². The second kappa shape index (κ2) is 13.5. The molecule has 5 rings (SSSR count). The summed E-state index contributed by atoms with van der Waals surface area (Å²) in [6.45, 7) is 3.83. The molecule has 212 valence electrons. The van der Waals surface area contributed by atoms with E-state index in [1.807, 2.05) is 41.3 Å². The molecule has 0 saturated carbocycles. The van der Waals surface area contributed by atoms with Crippen molar-refractivity contribution in [2.24, 2.45) is 0 Å². The van der Waals surface area contributed by atoms with Crippen LogP contribution in [0, 0.1) is 0 Å². The van der Waals surface area contributed by atoms with Gasteiger partial charge in [-0.15, -0.1) is 11.3 Å². The number of aryl methyl sites for hydroxylation is 1. The smallest absolute Gasteiger partial charge is 0.254 e. The number of amides is 2. The quantitative estimate of drug-likeness (QED) is 0.226. The van der Waals surface area contributed by atoms with Gasteiger partial charge in [0.1, 0.15) is 6.54 Å². The maximum atomic E-state index is 14.0. The van der Waals surface area contributed by atoms with E-state index in [2.05, 4.69) is 18.4 Å². The zero-order chi connectivity index (χ0) is 28.1. The molecule has 1 fully saturated rings. The number of thiophene rings is 1. The number of benzene rings is 2. The predicted octanol–water partition coefficient (Wildman–Crippen LogP) is 7.58. The van der Waals surface area contributed by atoms with Crippen molar-refractivity contribution in [1.29, 1.82) is 0 Å². The van der Waals surface area contributed by atoms with E-state index in [9.17, 15) is 9.59 Å². The highest BCUT2D eigenvalue weighted by Gasteiger charge is 2.36. The summed E-state index contributed by atoms with van der Waals surface area (Å²) in [7, 11) is 0. The molecule has 2 unspecified atom stereocenters. The average molecular weight is 600 g/mol. The first-order chi connectivity index (χ1) is 19.4. The van der Waals surface area contributed by atoms with Crippen LogP contribution in [0.4, 0.5) is 0 Å². The van der Waals surface area contributed by atoms with Gasteiger partial charge >= 0.3 is 0 Å². The Labute approximate surface area is 251 Å². The predicted molar refractivity (Wildman–Crippen MR) is 163 cm³/mol. The van der Waals surface area contributed by atoms with Gasteiger partial charge in [-0.25, -0.2) is 0 Å². The van der Waals surface area contributed by atoms with Crippen LogP contribution in [0.25, 0.3) is 0 Å². The number of hydrogen-bond donors (Lipinski definition) is 0. The monoisotopic (exact) mass is 598 g/mol. The third-order valence-electron chi connectivity index (χ3n) is 7.87. The molecule has 0 N–H and O–H groups in total. The van der Waals surface area contributed by atoms with Crippen molar-refractivity contribution in [2.45, 2.75) is 64.0 Å². The van der Waals surface area contributed by atoms with E-state index in [1.165, 1.54) is 23.3 Å². The first kappa shape index (κ1) is 29.1. The van der Waals surface area contributed by atoms with Gasteiger partial charge in [-0.1, -0.05) is 61.2 Å². The van der Waals surface area contributed by atoms with E-state index in [-0.39, 0.29) is 30.5 Å². The fourth-order valence-electron chi connectivity index (χ4n) is 5.73. The van der Waals surface area contributed by atoms with Crippen molar-refractivity contribution in [1.82, 2.24) is 9.80 Å². The summed E-state index contributed by atoms with van der Waals surface area (Å²) in [4.78, 5) is 32.6. The third kappa shape index (κ3) is 6.73. The number of hydrogen-bond acceptors (Lipinski definition) is 4. The fourth-order valence-corrected chi connectivity index (χ4v) is 7.14. The number of carbonyl (C=O) groups excluding carboxylic acids is 2. The third-order valence-corrected chi connectivity index (χ3v) is 9.43. The summed E-state index contributed by atoms with van der Waals surface area (Å²) in [5.74, 6) is -0.242. The van der Waals surface area contributed by atoms with E-state index in [1.54, 1.807) is 22.3 Å². The minimum Gasteiger partial charge on any atom is -0.376 e. The largest absolute Gasteiger partial charge is 0.376 e. The molecule has 40 heavy (non-hydrogen) atoms. The van der Waals surface area contributed by atoms with Crippen molar-refractivity contribution >= 4 is 46.4 Å². The van der Waals surface area contributed by atoms with E-state index >= 15 is 0 Å². The molecule has 1 aromatic heterocycles. The minimum atomic E-state index is -0.325. The van der Waals surface area contributed by atoms with Gasteiger partial charge in [0, 0.05) is 40.2 Å². The highest BCUT2D eigenvalue weighted by Crippen LogP contribution is 2.41. The lowest BCUT2D eigenvalue weighted by Gasteiger charge is -2.38. The molecule has 0 radical (unpaired) electrons. The van der Waals surface area contributed by atoms with Crippen molar-refractivity contribution in [3.63, 3.8) is 0 Å². The summed E-state index contributed by atoms with van der Waals surface area (Å²) in [6, 6.07) is 15.1. The number of ether oxygens (including phenoxy) is 1. The number of unbranched alkanes of at least 4 members (excludes halogenated alkanes) is 2. The molecular formula is C32H36Cl2N2O3S. The summed E-state index contributed by atoms with van der Waals surface area (Å²) >= 11 is 14.6. The molecule has 1 saturated heterocycles. The summed E-state index contributed by atoms with van der Waals surface area (Å²) in [6.07, 6.45) is 7.10. The van der Waals surface area contributed by atoms with E-state index < -0.39 is 0 Å². The second-order valence-electron chi connectivity index (χ2n) is 10.7. The normalized spacial score (nSPS) is 18.5. The zero-order valence-electron chi connectivity index (χ0n) is 22.9. The standard InChI is InChI=1S/C32H36Cl2N2O3S/c1-2-3-4-6-22-8-10-23(11-9-22)32(38)35(20-25-7-5-17-39-25)21-30(37)36-16-14-29-27(15-18-40-29)31(36)26-13-12-24(33)19-28(26)34/h8-13,15,18-19,25,31H,2-7,14,16-17,20-21H2,1H3. The Morgan fingerprint density at radius 2 is 1.90 bits per heavy atom. The Morgan fingerprint density at radius 1 is 1.07 bits per heavy atom. The van der Waals surface area contributed by atoms with Crippen LogP contribution in [0.3, 0.4) is 0 Å². The topological polar surface area (TPSA) is 49.9 Å². The van der Waals surface area contributed by atoms with Crippen molar-refractivity contribution in [2.75, 3.05) is 26.2 Å². The van der Waals surface area contributed by atoms with Crippen LogP contribution in [0.1, 0.15) is 77.0 Å². The van der Waals surface area contributed by atoms with Gasteiger partial charge in [-0.2, -0.15) is 0 Å². The molecule has 0 aliphatic carbocycles. The lowest BCUT2D eigenvalue weighted by atomic mass is 9.93. The molecule has 3 aromatic rings. The Balaban J connectivity index is 1.38. The van der Waals surface area contributed by atoms with Crippen LogP contribution >= 0.6 is 34.5 Å². The van der Waals surface area contributed by atoms with Gasteiger partial charge in [0.05, 0.1) is 12.1 Å². The van der Waals surface area contributed by atoms with E-state index in [0.717, 1.165) is 43.2 Å². The Bertz CT molecular complexity index is 1320. The molecule has 2 aliphatic rings. The summed E-state index contributed by atoms with van der Waals surface area (Å²) in [5, 5.41) is 3.15. The molecule has 5 nitrogen and oxygen atoms in total. The number of carbonyl (C=O) groups is 2. The molecule has 0 bridgehead atoms. The number of nitrogens with zero attached hydrogens (tertiary/aromatic N) is 2. The van der Waals surface area contributed by atoms with Crippen molar-refractivity contribution < 1.29 is 14.3 Å². The number of halogens is 2. The molecule has 2 amide bonds. The van der Waals surface area contributed by atoms with Gasteiger partial charge in [0.2, 0.25) is 5.91 Å². The van der Waals surface area contributed by atoms with Crippen LogP contribution < -0.4 is 0 Å². The molecule has 8 heteroatoms. The Hall–Kier alpha value is -2.38. The van der Waals surface area contributed by atoms with E-state index in [0.29, 0.717) is 35.3 Å². The van der Waals surface area contributed by atoms with Gasteiger partial charge in [-0.3, -0.25) is 9.59 Å². The van der Waals surface area contributed by atoms with Gasteiger partial charge in [-0.05, 0) is 84.5 Å². The maximum Gasteiger partial charge on any atom is 0.254 e. The highest BCUT2D eigenvalue weighted by molar-refractivity contribution is 7.10. The van der Waals surface area contributed by atoms with Gasteiger partial charge in [0.15, 0.2) is 0 Å². The average Bonchev–Trinajstić information content (AvgIpc) is 3.65. The Morgan fingerprint density at radius 3 is 2.62 bits per heavy atom. The van der Waals surface area contributed by atoms with Crippen LogP contribution in [0.5, 0.6) is 0 Å². The van der Waals surface area contributed by atoms with E-state index in [4.69, 9.17) is 27.9 Å². The first-order valence-electron chi connectivity index (χ1n) is 14.2. The van der Waals surface area contributed by atoms with Crippen LogP contribution in [0.15, 0.2) is 53.9 Å². The molecular weight excluding hydrogens is 563 g/mol. The molecule has 2 atom stereocenters. The number of rotatable bonds is 10. The van der Waals surface area contributed by atoms with Crippen molar-refractivity contribution in [3.8, 4) is 0 Å². The van der Waals surface area contributed by atoms with Crippen LogP contribution in [0.2, 0.25) is 10.0 Å². The lowest BCUT2D eigenvalue weighted by Crippen LogP contribution is -2.48. The van der Waals surface area contributed by atoms with Crippen LogP contribution in [-0.4, -0.2) is 54.0 Å². The molecule has 3 heterocycles. The first-order valence-corrected chi connectivity index (χ1v) is 15.9. The SMILES string of the molecule is CCCCCc1ccc(C(=O)N(CC(=O)N2CCc3sccc3C2c2ccc(Cl)cc2Cl)CC2CCCO2)cc1. The lowest BCUT2D eigenvalue weighted by molar-refractivity contribution is -0.134. The minimum absolute atomic E-state index is 0.0157. The number of fused-ring (bicyclic) bond motifs is 1. The maximum absolute atomic E-state index is 14.0.